The molecule has 0 spiro atoms. The molecule has 0 saturated carbocycles. The third kappa shape index (κ3) is 4.42. The van der Waals surface area contributed by atoms with E-state index in [1.54, 1.807) is 23.8 Å². The molecule has 0 aromatic carbocycles. The Morgan fingerprint density at radius 3 is 3.00 bits per heavy atom. The number of hydrogen-bond acceptors (Lipinski definition) is 5. The van der Waals surface area contributed by atoms with Gasteiger partial charge in [0.1, 0.15) is 5.69 Å². The van der Waals surface area contributed by atoms with Gasteiger partial charge in [-0.2, -0.15) is 0 Å². The van der Waals surface area contributed by atoms with Crippen molar-refractivity contribution in [3.63, 3.8) is 0 Å². The molecule has 0 bridgehead atoms. The Kier molecular flexibility index (Phi) is 5.10. The van der Waals surface area contributed by atoms with Gasteiger partial charge in [-0.3, -0.25) is 9.59 Å². The van der Waals surface area contributed by atoms with Gasteiger partial charge in [0.15, 0.2) is 10.8 Å². The number of aromatic nitrogens is 1. The first-order valence-electron chi connectivity index (χ1n) is 6.58. The zero-order valence-electron chi connectivity index (χ0n) is 11.5. The van der Waals surface area contributed by atoms with E-state index in [1.807, 2.05) is 6.92 Å². The molecule has 2 heterocycles. The monoisotopic (exact) mass is 308 g/mol. The van der Waals surface area contributed by atoms with Crippen LogP contribution in [0.1, 0.15) is 36.7 Å². The average Bonchev–Trinajstić information content (AvgIpc) is 3.09. The molecule has 7 heteroatoms. The molecule has 112 valence electrons. The SMILES string of the molecule is CC(CCCC(=O)O)NC(=O)c1csc(-c2ccco2)n1. The van der Waals surface area contributed by atoms with Gasteiger partial charge in [0.05, 0.1) is 6.26 Å². The van der Waals surface area contributed by atoms with Crippen molar-refractivity contribution in [3.8, 4) is 10.8 Å². The lowest BCUT2D eigenvalue weighted by Gasteiger charge is -2.11. The number of thiazole rings is 1. The fraction of sp³-hybridized carbons (Fsp3) is 0.357. The fourth-order valence-corrected chi connectivity index (χ4v) is 2.59. The molecule has 1 amide bonds. The van der Waals surface area contributed by atoms with E-state index in [2.05, 4.69) is 10.3 Å². The van der Waals surface area contributed by atoms with Crippen molar-refractivity contribution in [3.05, 3.63) is 29.5 Å². The summed E-state index contributed by atoms with van der Waals surface area (Å²) in [6.07, 6.45) is 2.82. The minimum atomic E-state index is -0.823. The quantitative estimate of drug-likeness (QED) is 0.820. The summed E-state index contributed by atoms with van der Waals surface area (Å²) in [6.45, 7) is 1.85. The summed E-state index contributed by atoms with van der Waals surface area (Å²) in [5.41, 5.74) is 0.344. The van der Waals surface area contributed by atoms with Gasteiger partial charge >= 0.3 is 5.97 Å². The van der Waals surface area contributed by atoms with Crippen LogP contribution in [0.25, 0.3) is 10.8 Å². The first kappa shape index (κ1) is 15.2. The summed E-state index contributed by atoms with van der Waals surface area (Å²) >= 11 is 1.34. The van der Waals surface area contributed by atoms with Gasteiger partial charge in [0.2, 0.25) is 0 Å². The number of hydrogen-bond donors (Lipinski definition) is 2. The smallest absolute Gasteiger partial charge is 0.303 e. The van der Waals surface area contributed by atoms with Crippen LogP contribution in [-0.4, -0.2) is 28.0 Å². The normalized spacial score (nSPS) is 12.0. The lowest BCUT2D eigenvalue weighted by Crippen LogP contribution is -2.32. The van der Waals surface area contributed by atoms with Crippen LogP contribution in [0.3, 0.4) is 0 Å². The third-order valence-corrected chi connectivity index (χ3v) is 3.73. The topological polar surface area (TPSA) is 92.4 Å². The molecule has 0 aliphatic rings. The van der Waals surface area contributed by atoms with Crippen LogP contribution < -0.4 is 5.32 Å². The molecule has 2 rings (SSSR count). The first-order valence-corrected chi connectivity index (χ1v) is 7.46. The van der Waals surface area contributed by atoms with Crippen LogP contribution in [0.4, 0.5) is 0 Å². The standard InChI is InChI=1S/C14H16N2O4S/c1-9(4-2-6-12(17)18)15-13(19)10-8-21-14(16-10)11-5-3-7-20-11/h3,5,7-9H,2,4,6H2,1H3,(H,15,19)(H,17,18). The maximum Gasteiger partial charge on any atom is 0.303 e. The van der Waals surface area contributed by atoms with Crippen LogP contribution in [0.15, 0.2) is 28.2 Å². The summed E-state index contributed by atoms with van der Waals surface area (Å²) < 4.78 is 5.23. The van der Waals surface area contributed by atoms with Crippen molar-refractivity contribution in [2.45, 2.75) is 32.2 Å². The predicted octanol–water partition coefficient (Wildman–Crippen LogP) is 2.78. The molecule has 6 nitrogen and oxygen atoms in total. The van der Waals surface area contributed by atoms with E-state index in [4.69, 9.17) is 9.52 Å². The van der Waals surface area contributed by atoms with Crippen molar-refractivity contribution in [1.82, 2.24) is 10.3 Å². The zero-order chi connectivity index (χ0) is 15.2. The zero-order valence-corrected chi connectivity index (χ0v) is 12.4. The number of nitrogens with zero attached hydrogens (tertiary/aromatic N) is 1. The highest BCUT2D eigenvalue weighted by Crippen LogP contribution is 2.23. The van der Waals surface area contributed by atoms with E-state index in [0.29, 0.717) is 29.3 Å². The molecule has 0 saturated heterocycles. The summed E-state index contributed by atoms with van der Waals surface area (Å²) in [7, 11) is 0. The van der Waals surface area contributed by atoms with Gasteiger partial charge in [0, 0.05) is 17.8 Å². The highest BCUT2D eigenvalue weighted by atomic mass is 32.1. The largest absolute Gasteiger partial charge is 0.481 e. The van der Waals surface area contributed by atoms with E-state index in [1.165, 1.54) is 11.3 Å². The van der Waals surface area contributed by atoms with Gasteiger partial charge < -0.3 is 14.8 Å². The number of carbonyl (C=O) groups excluding carboxylic acids is 1. The minimum absolute atomic E-state index is 0.0920. The van der Waals surface area contributed by atoms with E-state index >= 15 is 0 Å². The Bertz CT molecular complexity index is 606. The second-order valence-corrected chi connectivity index (χ2v) is 5.53. The third-order valence-electron chi connectivity index (χ3n) is 2.87. The van der Waals surface area contributed by atoms with Crippen molar-refractivity contribution in [2.24, 2.45) is 0 Å². The second-order valence-electron chi connectivity index (χ2n) is 4.68. The Hall–Kier alpha value is -2.15. The molecule has 21 heavy (non-hydrogen) atoms. The van der Waals surface area contributed by atoms with E-state index < -0.39 is 5.97 Å². The molecule has 2 N–H and O–H groups in total. The molecular formula is C14H16N2O4S. The molecule has 2 aromatic rings. The number of rotatable bonds is 7. The molecule has 0 fully saturated rings. The summed E-state index contributed by atoms with van der Waals surface area (Å²) in [5.74, 6) is -0.448. The summed E-state index contributed by atoms with van der Waals surface area (Å²) in [5, 5.41) is 13.7. The lowest BCUT2D eigenvalue weighted by molar-refractivity contribution is -0.137. The average molecular weight is 308 g/mol. The van der Waals surface area contributed by atoms with Crippen LogP contribution in [0.2, 0.25) is 0 Å². The number of nitrogens with one attached hydrogen (secondary N) is 1. The number of aliphatic carboxylic acids is 1. The Morgan fingerprint density at radius 2 is 2.33 bits per heavy atom. The molecule has 0 radical (unpaired) electrons. The fourth-order valence-electron chi connectivity index (χ4n) is 1.82. The number of carboxylic acids is 1. The van der Waals surface area contributed by atoms with Crippen molar-refractivity contribution < 1.29 is 19.1 Å². The van der Waals surface area contributed by atoms with Gasteiger partial charge in [-0.15, -0.1) is 11.3 Å². The highest BCUT2D eigenvalue weighted by Gasteiger charge is 2.15. The Labute approximate surface area is 125 Å². The lowest BCUT2D eigenvalue weighted by atomic mass is 10.1. The number of carboxylic acid groups (broad SMARTS) is 1. The highest BCUT2D eigenvalue weighted by molar-refractivity contribution is 7.13. The van der Waals surface area contributed by atoms with E-state index in [-0.39, 0.29) is 18.4 Å². The predicted molar refractivity (Wildman–Crippen MR) is 78.2 cm³/mol. The minimum Gasteiger partial charge on any atom is -0.481 e. The van der Waals surface area contributed by atoms with E-state index in [9.17, 15) is 9.59 Å². The first-order chi connectivity index (χ1) is 10.1. The van der Waals surface area contributed by atoms with Gasteiger partial charge in [-0.1, -0.05) is 0 Å². The molecule has 1 atom stereocenters. The summed E-state index contributed by atoms with van der Waals surface area (Å²) in [6, 6.07) is 3.46. The van der Waals surface area contributed by atoms with Crippen molar-refractivity contribution in [1.29, 1.82) is 0 Å². The van der Waals surface area contributed by atoms with Crippen molar-refractivity contribution in [2.75, 3.05) is 0 Å². The molecule has 0 aliphatic heterocycles. The Morgan fingerprint density at radius 1 is 1.52 bits per heavy atom. The maximum atomic E-state index is 12.0. The summed E-state index contributed by atoms with van der Waals surface area (Å²) in [4.78, 5) is 26.7. The van der Waals surface area contributed by atoms with Gasteiger partial charge in [-0.05, 0) is 31.9 Å². The number of carbonyl (C=O) groups is 2. The molecule has 1 unspecified atom stereocenters. The number of amides is 1. The van der Waals surface area contributed by atoms with E-state index in [0.717, 1.165) is 0 Å². The number of furan rings is 1. The maximum absolute atomic E-state index is 12.0. The molecule has 0 aliphatic carbocycles. The van der Waals surface area contributed by atoms with Crippen LogP contribution in [-0.2, 0) is 4.79 Å². The molecular weight excluding hydrogens is 292 g/mol. The van der Waals surface area contributed by atoms with Gasteiger partial charge in [0.25, 0.3) is 5.91 Å². The van der Waals surface area contributed by atoms with Crippen LogP contribution in [0, 0.1) is 0 Å². The van der Waals surface area contributed by atoms with Crippen molar-refractivity contribution >= 4 is 23.2 Å². The van der Waals surface area contributed by atoms with Gasteiger partial charge in [-0.25, -0.2) is 4.98 Å². The van der Waals surface area contributed by atoms with Crippen LogP contribution >= 0.6 is 11.3 Å². The Balaban J connectivity index is 1.87. The van der Waals surface area contributed by atoms with Crippen LogP contribution in [0.5, 0.6) is 0 Å². The second kappa shape index (κ2) is 7.03. The molecule has 2 aromatic heterocycles.